The van der Waals surface area contributed by atoms with E-state index < -0.39 is 0 Å². The summed E-state index contributed by atoms with van der Waals surface area (Å²) in [6, 6.07) is 3.41. The number of rotatable bonds is 1. The van der Waals surface area contributed by atoms with Crippen molar-refractivity contribution in [1.82, 2.24) is 19.5 Å². The van der Waals surface area contributed by atoms with Gasteiger partial charge in [0, 0.05) is 30.1 Å². The van der Waals surface area contributed by atoms with E-state index >= 15 is 0 Å². The molecule has 3 atom stereocenters. The van der Waals surface area contributed by atoms with Gasteiger partial charge in [-0.15, -0.1) is 0 Å². The van der Waals surface area contributed by atoms with E-state index in [-0.39, 0.29) is 35.1 Å². The second-order valence-corrected chi connectivity index (χ2v) is 7.19. The van der Waals surface area contributed by atoms with Crippen LogP contribution >= 0.6 is 0 Å². The Balaban J connectivity index is 1.69. The number of nitrogens with one attached hydrogen (secondary N) is 1. The largest absolute Gasteiger partial charge is 0.392 e. The number of aromatic nitrogens is 3. The minimum Gasteiger partial charge on any atom is -0.392 e. The van der Waals surface area contributed by atoms with Crippen LogP contribution in [0.5, 0.6) is 0 Å². The highest BCUT2D eigenvalue weighted by molar-refractivity contribution is 5.94. The van der Waals surface area contributed by atoms with Crippen molar-refractivity contribution in [2.75, 3.05) is 6.54 Å². The zero-order valence-electron chi connectivity index (χ0n) is 13.2. The van der Waals surface area contributed by atoms with Crippen LogP contribution in [0.15, 0.2) is 23.1 Å². The summed E-state index contributed by atoms with van der Waals surface area (Å²) in [5.74, 6) is 0.0674. The van der Waals surface area contributed by atoms with Gasteiger partial charge in [-0.2, -0.15) is 5.10 Å². The molecule has 1 aliphatic heterocycles. The first-order valence-corrected chi connectivity index (χ1v) is 7.97. The molecule has 0 unspecified atom stereocenters. The third-order valence-corrected chi connectivity index (χ3v) is 5.53. The average molecular weight is 316 g/mol. The van der Waals surface area contributed by atoms with Crippen LogP contribution in [-0.4, -0.2) is 49.2 Å². The number of aliphatic hydroxyl groups is 1. The SMILES string of the molecule is CC1(C)[C@@H](O)[C@H]2CCCN(C(=O)c3ccc4n[nH]c(=O)n4c3)[C@H]21. The van der Waals surface area contributed by atoms with E-state index in [1.165, 1.54) is 10.6 Å². The maximum Gasteiger partial charge on any atom is 0.347 e. The van der Waals surface area contributed by atoms with E-state index in [0.717, 1.165) is 12.8 Å². The van der Waals surface area contributed by atoms with Crippen LogP contribution in [0, 0.1) is 11.3 Å². The van der Waals surface area contributed by atoms with Gasteiger partial charge in [0.2, 0.25) is 0 Å². The van der Waals surface area contributed by atoms with Crippen molar-refractivity contribution in [3.8, 4) is 0 Å². The van der Waals surface area contributed by atoms with Gasteiger partial charge in [0.1, 0.15) is 0 Å². The van der Waals surface area contributed by atoms with Crippen LogP contribution in [0.4, 0.5) is 0 Å². The maximum atomic E-state index is 13.0. The quantitative estimate of drug-likeness (QED) is 0.808. The molecule has 1 saturated heterocycles. The Hall–Kier alpha value is -2.15. The normalized spacial score (nSPS) is 29.2. The third kappa shape index (κ3) is 1.89. The molecule has 2 aromatic rings. The van der Waals surface area contributed by atoms with Gasteiger partial charge in [-0.3, -0.25) is 4.79 Å². The number of amides is 1. The standard InChI is InChI=1S/C16H20N4O3/c1-16(2)12-10(13(16)21)4-3-7-19(12)14(22)9-5-6-11-17-18-15(23)20(11)8-9/h5-6,8,10,12-13,21H,3-4,7H2,1-2H3,(H,18,23)/t10-,12+,13-/m0/s1. The first-order chi connectivity index (χ1) is 10.9. The second kappa shape index (κ2) is 4.67. The van der Waals surface area contributed by atoms with Crippen molar-refractivity contribution in [3.63, 3.8) is 0 Å². The number of nitrogens with zero attached hydrogens (tertiary/aromatic N) is 3. The zero-order chi connectivity index (χ0) is 16.4. The Labute approximate surface area is 132 Å². The lowest BCUT2D eigenvalue weighted by atomic mass is 9.54. The summed E-state index contributed by atoms with van der Waals surface area (Å²) < 4.78 is 1.34. The van der Waals surface area contributed by atoms with Gasteiger partial charge in [-0.25, -0.2) is 14.3 Å². The van der Waals surface area contributed by atoms with Crippen LogP contribution in [0.2, 0.25) is 0 Å². The van der Waals surface area contributed by atoms with Crippen molar-refractivity contribution in [2.24, 2.45) is 11.3 Å². The number of hydrogen-bond acceptors (Lipinski definition) is 4. The van der Waals surface area contributed by atoms with E-state index in [2.05, 4.69) is 10.2 Å². The summed E-state index contributed by atoms with van der Waals surface area (Å²) in [7, 11) is 0. The Morgan fingerprint density at radius 3 is 3.00 bits per heavy atom. The molecule has 7 heteroatoms. The molecule has 0 aromatic carbocycles. The molecule has 0 spiro atoms. The Kier molecular flexibility index (Phi) is 2.93. The van der Waals surface area contributed by atoms with Gasteiger partial charge in [0.15, 0.2) is 5.65 Å². The lowest BCUT2D eigenvalue weighted by Crippen LogP contribution is -2.71. The van der Waals surface area contributed by atoms with Crippen LogP contribution in [-0.2, 0) is 0 Å². The number of H-pyrrole nitrogens is 1. The number of aromatic amines is 1. The van der Waals surface area contributed by atoms with E-state index in [4.69, 9.17) is 0 Å². The molecule has 122 valence electrons. The Bertz CT molecular complexity index is 837. The smallest absolute Gasteiger partial charge is 0.347 e. The highest BCUT2D eigenvalue weighted by Gasteiger charge is 2.59. The molecule has 2 fully saturated rings. The summed E-state index contributed by atoms with van der Waals surface area (Å²) >= 11 is 0. The summed E-state index contributed by atoms with van der Waals surface area (Å²) in [5.41, 5.74) is 0.309. The van der Waals surface area contributed by atoms with E-state index in [1.54, 1.807) is 12.1 Å². The molecule has 1 saturated carbocycles. The summed E-state index contributed by atoms with van der Waals surface area (Å²) in [6.07, 6.45) is 3.03. The van der Waals surface area contributed by atoms with Crippen LogP contribution < -0.4 is 5.69 Å². The summed E-state index contributed by atoms with van der Waals surface area (Å²) in [5, 5.41) is 16.5. The first-order valence-electron chi connectivity index (χ1n) is 7.97. The van der Waals surface area contributed by atoms with Crippen LogP contribution in [0.25, 0.3) is 5.65 Å². The molecule has 0 bridgehead atoms. The van der Waals surface area contributed by atoms with E-state index in [0.29, 0.717) is 17.8 Å². The fourth-order valence-corrected chi connectivity index (χ4v) is 4.34. The number of carbonyl (C=O) groups is 1. The number of likely N-dealkylation sites (tertiary alicyclic amines) is 1. The van der Waals surface area contributed by atoms with Gasteiger partial charge in [-0.1, -0.05) is 13.8 Å². The molecule has 7 nitrogen and oxygen atoms in total. The fourth-order valence-electron chi connectivity index (χ4n) is 4.34. The lowest BCUT2D eigenvalue weighted by Gasteiger charge is -2.62. The van der Waals surface area contributed by atoms with Gasteiger partial charge in [0.25, 0.3) is 5.91 Å². The van der Waals surface area contributed by atoms with Crippen molar-refractivity contribution in [2.45, 2.75) is 38.8 Å². The number of carbonyl (C=O) groups excluding carboxylic acids is 1. The minimum absolute atomic E-state index is 0.0514. The molecular weight excluding hydrogens is 296 g/mol. The minimum atomic E-state index is -0.359. The molecule has 3 heterocycles. The average Bonchev–Trinajstić information content (AvgIpc) is 2.93. The first kappa shape index (κ1) is 14.4. The number of pyridine rings is 1. The monoisotopic (exact) mass is 316 g/mol. The molecule has 2 aromatic heterocycles. The summed E-state index contributed by atoms with van der Waals surface area (Å²) in [6.45, 7) is 4.71. The molecule has 2 N–H and O–H groups in total. The highest BCUT2D eigenvalue weighted by Crippen LogP contribution is 2.52. The number of fused-ring (bicyclic) bond motifs is 2. The topological polar surface area (TPSA) is 90.7 Å². The highest BCUT2D eigenvalue weighted by atomic mass is 16.3. The lowest BCUT2D eigenvalue weighted by molar-refractivity contribution is -0.180. The zero-order valence-corrected chi connectivity index (χ0v) is 13.2. The van der Waals surface area contributed by atoms with Crippen LogP contribution in [0.3, 0.4) is 0 Å². The van der Waals surface area contributed by atoms with Gasteiger partial charge < -0.3 is 10.0 Å². The fraction of sp³-hybridized carbons (Fsp3) is 0.562. The Morgan fingerprint density at radius 2 is 2.22 bits per heavy atom. The van der Waals surface area contributed by atoms with Crippen molar-refractivity contribution < 1.29 is 9.90 Å². The van der Waals surface area contributed by atoms with Gasteiger partial charge in [-0.05, 0) is 25.0 Å². The Morgan fingerprint density at radius 1 is 1.43 bits per heavy atom. The molecular formula is C16H20N4O3. The summed E-state index contributed by atoms with van der Waals surface area (Å²) in [4.78, 5) is 26.5. The van der Waals surface area contributed by atoms with E-state index in [9.17, 15) is 14.7 Å². The van der Waals surface area contributed by atoms with Crippen molar-refractivity contribution >= 4 is 11.6 Å². The van der Waals surface area contributed by atoms with Gasteiger partial charge in [0.05, 0.1) is 11.7 Å². The third-order valence-electron chi connectivity index (χ3n) is 5.53. The second-order valence-electron chi connectivity index (χ2n) is 7.19. The molecule has 4 rings (SSSR count). The maximum absolute atomic E-state index is 13.0. The van der Waals surface area contributed by atoms with E-state index in [1.807, 2.05) is 18.7 Å². The number of aliphatic hydroxyl groups excluding tert-OH is 1. The molecule has 23 heavy (non-hydrogen) atoms. The number of hydrogen-bond donors (Lipinski definition) is 2. The van der Waals surface area contributed by atoms with Crippen LogP contribution in [0.1, 0.15) is 37.0 Å². The molecule has 1 aliphatic carbocycles. The van der Waals surface area contributed by atoms with Gasteiger partial charge >= 0.3 is 5.69 Å². The predicted molar refractivity (Wildman–Crippen MR) is 83.1 cm³/mol. The molecule has 0 radical (unpaired) electrons. The molecule has 1 amide bonds. The number of piperidine rings is 1. The predicted octanol–water partition coefficient (Wildman–Crippen LogP) is 0.644. The van der Waals surface area contributed by atoms with Crippen molar-refractivity contribution in [3.05, 3.63) is 34.4 Å². The van der Waals surface area contributed by atoms with Crippen molar-refractivity contribution in [1.29, 1.82) is 0 Å². The molecule has 2 aliphatic rings.